The molecule has 136 valence electrons. The molecule has 1 heterocycles. The maximum Gasteiger partial charge on any atom is 0.407 e. The highest BCUT2D eigenvalue weighted by Crippen LogP contribution is 2.40. The van der Waals surface area contributed by atoms with Gasteiger partial charge in [-0.05, 0) is 51.5 Å². The molecule has 1 aromatic carbocycles. The van der Waals surface area contributed by atoms with Crippen molar-refractivity contribution < 1.29 is 14.3 Å². The van der Waals surface area contributed by atoms with E-state index >= 15 is 0 Å². The lowest BCUT2D eigenvalue weighted by atomic mass is 9.74. The van der Waals surface area contributed by atoms with Crippen LogP contribution < -0.4 is 5.32 Å². The molecule has 3 rings (SSSR count). The lowest BCUT2D eigenvalue weighted by molar-refractivity contribution is -0.139. The lowest BCUT2D eigenvalue weighted by Gasteiger charge is -2.44. The fourth-order valence-corrected chi connectivity index (χ4v) is 4.05. The molecule has 1 aliphatic heterocycles. The van der Waals surface area contributed by atoms with Crippen LogP contribution in [-0.4, -0.2) is 42.6 Å². The molecule has 0 bridgehead atoms. The van der Waals surface area contributed by atoms with E-state index in [0.29, 0.717) is 38.1 Å². The second-order valence-electron chi connectivity index (χ2n) is 7.37. The van der Waals surface area contributed by atoms with Crippen LogP contribution in [0.1, 0.15) is 48.8 Å². The van der Waals surface area contributed by atoms with E-state index in [4.69, 9.17) is 4.74 Å². The number of nitrogens with zero attached hydrogens (tertiary/aromatic N) is 1. The van der Waals surface area contributed by atoms with Gasteiger partial charge in [0.1, 0.15) is 0 Å². The van der Waals surface area contributed by atoms with E-state index in [1.54, 1.807) is 0 Å². The summed E-state index contributed by atoms with van der Waals surface area (Å²) in [6.07, 6.45) is 2.23. The molecular formula is C20H28N2O3. The van der Waals surface area contributed by atoms with Crippen LogP contribution in [-0.2, 0) is 9.53 Å². The molecular weight excluding hydrogens is 316 g/mol. The summed E-state index contributed by atoms with van der Waals surface area (Å²) in [6, 6.07) is 7.04. The van der Waals surface area contributed by atoms with Crippen LogP contribution in [0.4, 0.5) is 4.79 Å². The van der Waals surface area contributed by atoms with Gasteiger partial charge in [-0.15, -0.1) is 0 Å². The summed E-state index contributed by atoms with van der Waals surface area (Å²) in [5, 5.41) is 2.67. The summed E-state index contributed by atoms with van der Waals surface area (Å²) >= 11 is 0. The van der Waals surface area contributed by atoms with Gasteiger partial charge in [-0.2, -0.15) is 0 Å². The van der Waals surface area contributed by atoms with E-state index in [1.807, 2.05) is 11.8 Å². The van der Waals surface area contributed by atoms with Crippen molar-refractivity contribution in [1.82, 2.24) is 10.2 Å². The minimum absolute atomic E-state index is 0.150. The van der Waals surface area contributed by atoms with Crippen LogP contribution >= 0.6 is 0 Å². The molecule has 0 unspecified atom stereocenters. The van der Waals surface area contributed by atoms with Gasteiger partial charge in [0.05, 0.1) is 12.5 Å². The highest BCUT2D eigenvalue weighted by atomic mass is 16.5. The third kappa shape index (κ3) is 3.97. The number of benzene rings is 1. The minimum atomic E-state index is -0.420. The number of alkyl carbamates (subject to hydrolysis) is 1. The van der Waals surface area contributed by atoms with Gasteiger partial charge in [0.2, 0.25) is 5.91 Å². The molecule has 1 atom stereocenters. The molecule has 0 aromatic heterocycles. The Labute approximate surface area is 149 Å². The summed E-state index contributed by atoms with van der Waals surface area (Å²) in [7, 11) is 0. The molecule has 5 nitrogen and oxygen atoms in total. The largest absolute Gasteiger partial charge is 0.450 e. The standard InChI is InChI=1S/C20H28N2O3/c1-4-22(19(23)15-5-6-25-20(24)21-12-15)18-10-17(11-18)16-8-13(2)7-14(3)9-16/h7-9,15,17-18H,4-6,10-12H2,1-3H3,(H,21,24)/t15-,17-,18+/m1/s1. The zero-order valence-corrected chi connectivity index (χ0v) is 15.4. The number of ether oxygens (including phenoxy) is 1. The number of carbonyl (C=O) groups is 2. The first-order valence-electron chi connectivity index (χ1n) is 9.27. The lowest BCUT2D eigenvalue weighted by Crippen LogP contribution is -2.50. The Kier molecular flexibility index (Phi) is 5.30. The molecule has 1 N–H and O–H groups in total. The van der Waals surface area contributed by atoms with Gasteiger partial charge in [0, 0.05) is 19.1 Å². The van der Waals surface area contributed by atoms with E-state index in [0.717, 1.165) is 12.8 Å². The van der Waals surface area contributed by atoms with Crippen LogP contribution in [0.5, 0.6) is 0 Å². The summed E-state index contributed by atoms with van der Waals surface area (Å²) in [5.74, 6) is 0.520. The summed E-state index contributed by atoms with van der Waals surface area (Å²) in [6.45, 7) is 7.72. The second kappa shape index (κ2) is 7.46. The minimum Gasteiger partial charge on any atom is -0.450 e. The highest BCUT2D eigenvalue weighted by molar-refractivity contribution is 5.80. The Balaban J connectivity index is 1.61. The van der Waals surface area contributed by atoms with Gasteiger partial charge < -0.3 is 15.0 Å². The average Bonchev–Trinajstić information content (AvgIpc) is 2.73. The van der Waals surface area contributed by atoms with Gasteiger partial charge in [-0.3, -0.25) is 4.79 Å². The van der Waals surface area contributed by atoms with Crippen LogP contribution in [0.2, 0.25) is 0 Å². The van der Waals surface area contributed by atoms with E-state index in [1.165, 1.54) is 16.7 Å². The van der Waals surface area contributed by atoms with Crippen molar-refractivity contribution in [3.8, 4) is 0 Å². The third-order valence-corrected chi connectivity index (χ3v) is 5.43. The highest BCUT2D eigenvalue weighted by Gasteiger charge is 2.38. The summed E-state index contributed by atoms with van der Waals surface area (Å²) in [4.78, 5) is 26.2. The van der Waals surface area contributed by atoms with Gasteiger partial charge >= 0.3 is 6.09 Å². The molecule has 1 saturated heterocycles. The number of nitrogens with one attached hydrogen (secondary N) is 1. The van der Waals surface area contributed by atoms with Gasteiger partial charge in [-0.1, -0.05) is 29.3 Å². The number of amides is 2. The van der Waals surface area contributed by atoms with E-state index in [-0.39, 0.29) is 11.8 Å². The number of carbonyl (C=O) groups excluding carboxylic acids is 2. The zero-order chi connectivity index (χ0) is 18.0. The Morgan fingerprint density at radius 1 is 1.24 bits per heavy atom. The zero-order valence-electron chi connectivity index (χ0n) is 15.4. The van der Waals surface area contributed by atoms with Crippen molar-refractivity contribution in [3.05, 3.63) is 34.9 Å². The van der Waals surface area contributed by atoms with Crippen LogP contribution in [0.15, 0.2) is 18.2 Å². The van der Waals surface area contributed by atoms with Crippen molar-refractivity contribution in [3.63, 3.8) is 0 Å². The fourth-order valence-electron chi connectivity index (χ4n) is 4.05. The van der Waals surface area contributed by atoms with Crippen LogP contribution in [0.3, 0.4) is 0 Å². The summed E-state index contributed by atoms with van der Waals surface area (Å²) < 4.78 is 4.97. The molecule has 0 radical (unpaired) electrons. The number of rotatable bonds is 4. The van der Waals surface area contributed by atoms with Crippen molar-refractivity contribution in [1.29, 1.82) is 0 Å². The molecule has 0 spiro atoms. The van der Waals surface area contributed by atoms with Crippen molar-refractivity contribution in [2.24, 2.45) is 5.92 Å². The molecule has 25 heavy (non-hydrogen) atoms. The molecule has 2 fully saturated rings. The van der Waals surface area contributed by atoms with Crippen molar-refractivity contribution in [2.45, 2.75) is 52.0 Å². The topological polar surface area (TPSA) is 58.6 Å². The molecule has 1 aliphatic carbocycles. The molecule has 1 aromatic rings. The number of aryl methyl sites for hydroxylation is 2. The average molecular weight is 344 g/mol. The van der Waals surface area contributed by atoms with Crippen molar-refractivity contribution >= 4 is 12.0 Å². The Bertz CT molecular complexity index is 632. The SMILES string of the molecule is CCN(C(=O)[C@@H]1CCOC(=O)NC1)[C@H]1C[C@@H](c2cc(C)cc(C)c2)C1. The Morgan fingerprint density at radius 3 is 2.56 bits per heavy atom. The number of hydrogen-bond donors (Lipinski definition) is 1. The normalized spacial score (nSPS) is 26.0. The number of cyclic esters (lactones) is 1. The van der Waals surface area contributed by atoms with E-state index in [2.05, 4.69) is 37.4 Å². The Hall–Kier alpha value is -2.04. The molecule has 2 aliphatic rings. The molecule has 2 amide bonds. The van der Waals surface area contributed by atoms with Gasteiger partial charge in [0.25, 0.3) is 0 Å². The predicted molar refractivity (Wildman–Crippen MR) is 96.5 cm³/mol. The van der Waals surface area contributed by atoms with E-state index in [9.17, 15) is 9.59 Å². The first-order valence-corrected chi connectivity index (χ1v) is 9.27. The third-order valence-electron chi connectivity index (χ3n) is 5.43. The predicted octanol–water partition coefficient (Wildman–Crippen LogP) is 3.14. The van der Waals surface area contributed by atoms with Crippen LogP contribution in [0, 0.1) is 19.8 Å². The van der Waals surface area contributed by atoms with Crippen molar-refractivity contribution in [2.75, 3.05) is 19.7 Å². The second-order valence-corrected chi connectivity index (χ2v) is 7.37. The summed E-state index contributed by atoms with van der Waals surface area (Å²) in [5.41, 5.74) is 4.00. The monoisotopic (exact) mass is 344 g/mol. The molecule has 5 heteroatoms. The maximum atomic E-state index is 12.9. The van der Waals surface area contributed by atoms with E-state index < -0.39 is 6.09 Å². The first kappa shape index (κ1) is 17.8. The molecule has 1 saturated carbocycles. The number of hydrogen-bond acceptors (Lipinski definition) is 3. The Morgan fingerprint density at radius 2 is 1.92 bits per heavy atom. The first-order chi connectivity index (χ1) is 12.0. The fraction of sp³-hybridized carbons (Fsp3) is 0.600. The smallest absolute Gasteiger partial charge is 0.407 e. The van der Waals surface area contributed by atoms with Crippen LogP contribution in [0.25, 0.3) is 0 Å². The van der Waals surface area contributed by atoms with Gasteiger partial charge in [-0.25, -0.2) is 4.79 Å². The maximum absolute atomic E-state index is 12.9. The van der Waals surface area contributed by atoms with Gasteiger partial charge in [0.15, 0.2) is 0 Å². The quantitative estimate of drug-likeness (QED) is 0.913.